The van der Waals surface area contributed by atoms with Crippen molar-refractivity contribution in [3.05, 3.63) is 34.9 Å². The molecule has 0 aromatic heterocycles. The van der Waals surface area contributed by atoms with Crippen LogP contribution in [0.15, 0.2) is 24.3 Å². The summed E-state index contributed by atoms with van der Waals surface area (Å²) < 4.78 is 0. The predicted octanol–water partition coefficient (Wildman–Crippen LogP) is 3.06. The van der Waals surface area contributed by atoms with E-state index in [9.17, 15) is 9.59 Å². The van der Waals surface area contributed by atoms with Gasteiger partial charge in [-0.3, -0.25) is 9.59 Å². The average molecular weight is 355 g/mol. The van der Waals surface area contributed by atoms with Crippen LogP contribution in [0.5, 0.6) is 0 Å². The lowest BCUT2D eigenvalue weighted by molar-refractivity contribution is -0.133. The zero-order valence-electron chi connectivity index (χ0n) is 13.5. The van der Waals surface area contributed by atoms with E-state index in [-0.39, 0.29) is 11.8 Å². The fourth-order valence-corrected chi connectivity index (χ4v) is 3.57. The number of carbonyl (C=O) groups is 2. The number of nitrogens with one attached hydrogen (secondary N) is 1. The van der Waals surface area contributed by atoms with Crippen LogP contribution >= 0.6 is 23.4 Å². The normalized spacial score (nSPS) is 16.3. The highest BCUT2D eigenvalue weighted by Gasteiger charge is 2.28. The summed E-state index contributed by atoms with van der Waals surface area (Å²) >= 11 is 7.71. The molecule has 1 aromatic carbocycles. The maximum absolute atomic E-state index is 12.7. The molecular formula is C17H23ClN2O2S. The van der Waals surface area contributed by atoms with Gasteiger partial charge in [-0.2, -0.15) is 11.8 Å². The molecule has 0 aliphatic carbocycles. The molecule has 0 bridgehead atoms. The molecule has 1 unspecified atom stereocenters. The Labute approximate surface area is 146 Å². The Bertz CT molecular complexity index is 542. The standard InChI is InChI=1S/C17H23ClN2O2S/c1-12(2)11-15(17(22)20-7-9-23-10-8-20)19-16(21)13-3-5-14(18)6-4-13/h3-6,12,15H,7-11H2,1-2H3,(H,19,21). The topological polar surface area (TPSA) is 49.4 Å². The smallest absolute Gasteiger partial charge is 0.251 e. The molecule has 1 N–H and O–H groups in total. The first-order valence-electron chi connectivity index (χ1n) is 7.90. The van der Waals surface area contributed by atoms with Crippen molar-refractivity contribution in [3.63, 3.8) is 0 Å². The van der Waals surface area contributed by atoms with E-state index in [1.54, 1.807) is 24.3 Å². The van der Waals surface area contributed by atoms with E-state index in [1.807, 2.05) is 16.7 Å². The molecule has 126 valence electrons. The lowest BCUT2D eigenvalue weighted by Crippen LogP contribution is -2.51. The second kappa shape index (κ2) is 8.60. The zero-order valence-corrected chi connectivity index (χ0v) is 15.1. The number of halogens is 1. The highest BCUT2D eigenvalue weighted by Crippen LogP contribution is 2.15. The van der Waals surface area contributed by atoms with Gasteiger partial charge in [0.2, 0.25) is 5.91 Å². The summed E-state index contributed by atoms with van der Waals surface area (Å²) in [6, 6.07) is 6.23. The van der Waals surface area contributed by atoms with E-state index in [0.29, 0.717) is 22.9 Å². The average Bonchev–Trinajstić information content (AvgIpc) is 2.54. The molecule has 0 saturated carbocycles. The van der Waals surface area contributed by atoms with Gasteiger partial charge in [0.05, 0.1) is 0 Å². The minimum Gasteiger partial charge on any atom is -0.340 e. The first-order chi connectivity index (χ1) is 11.0. The molecular weight excluding hydrogens is 332 g/mol. The van der Waals surface area contributed by atoms with E-state index in [2.05, 4.69) is 19.2 Å². The molecule has 4 nitrogen and oxygen atoms in total. The summed E-state index contributed by atoms with van der Waals surface area (Å²) in [6.07, 6.45) is 0.641. The van der Waals surface area contributed by atoms with Crippen LogP contribution in [0.2, 0.25) is 5.02 Å². The lowest BCUT2D eigenvalue weighted by Gasteiger charge is -2.31. The number of amides is 2. The number of thioether (sulfide) groups is 1. The molecule has 1 aliphatic heterocycles. The van der Waals surface area contributed by atoms with Gasteiger partial charge >= 0.3 is 0 Å². The van der Waals surface area contributed by atoms with Gasteiger partial charge in [0.1, 0.15) is 6.04 Å². The number of benzene rings is 1. The summed E-state index contributed by atoms with van der Waals surface area (Å²) in [5.74, 6) is 2.05. The van der Waals surface area contributed by atoms with Crippen LogP contribution in [0.3, 0.4) is 0 Å². The van der Waals surface area contributed by atoms with Gasteiger partial charge < -0.3 is 10.2 Å². The maximum Gasteiger partial charge on any atom is 0.251 e. The summed E-state index contributed by atoms with van der Waals surface area (Å²) in [6.45, 7) is 5.63. The van der Waals surface area contributed by atoms with E-state index in [4.69, 9.17) is 11.6 Å². The number of hydrogen-bond acceptors (Lipinski definition) is 3. The summed E-state index contributed by atoms with van der Waals surface area (Å²) in [5, 5.41) is 3.49. The summed E-state index contributed by atoms with van der Waals surface area (Å²) in [7, 11) is 0. The minimum absolute atomic E-state index is 0.0290. The molecule has 1 saturated heterocycles. The first-order valence-corrected chi connectivity index (χ1v) is 9.43. The Morgan fingerprint density at radius 2 is 1.83 bits per heavy atom. The van der Waals surface area contributed by atoms with Crippen molar-refractivity contribution in [2.24, 2.45) is 5.92 Å². The van der Waals surface area contributed by atoms with Gasteiger partial charge in [-0.15, -0.1) is 0 Å². The lowest BCUT2D eigenvalue weighted by atomic mass is 10.0. The Hall–Kier alpha value is -1.20. The highest BCUT2D eigenvalue weighted by atomic mass is 35.5. The fourth-order valence-electron chi connectivity index (χ4n) is 2.54. The molecule has 1 aromatic rings. The third-order valence-corrected chi connectivity index (χ3v) is 4.93. The van der Waals surface area contributed by atoms with Crippen molar-refractivity contribution in [1.29, 1.82) is 0 Å². The van der Waals surface area contributed by atoms with Crippen LogP contribution in [0.25, 0.3) is 0 Å². The molecule has 2 rings (SSSR count). The second-order valence-corrected chi connectivity index (χ2v) is 7.76. The van der Waals surface area contributed by atoms with Crippen molar-refractivity contribution in [2.45, 2.75) is 26.3 Å². The van der Waals surface area contributed by atoms with E-state index < -0.39 is 6.04 Å². The van der Waals surface area contributed by atoms with Gasteiger partial charge in [-0.1, -0.05) is 25.4 Å². The Balaban J connectivity index is 2.06. The SMILES string of the molecule is CC(C)CC(NC(=O)c1ccc(Cl)cc1)C(=O)N1CCSCC1. The Morgan fingerprint density at radius 3 is 2.39 bits per heavy atom. The molecule has 1 aliphatic rings. The third kappa shape index (κ3) is 5.43. The monoisotopic (exact) mass is 354 g/mol. The predicted molar refractivity (Wildman–Crippen MR) is 96.1 cm³/mol. The molecule has 6 heteroatoms. The van der Waals surface area contributed by atoms with Crippen molar-refractivity contribution >= 4 is 35.2 Å². The van der Waals surface area contributed by atoms with Crippen LogP contribution in [0.4, 0.5) is 0 Å². The number of carbonyl (C=O) groups excluding carboxylic acids is 2. The first kappa shape index (κ1) is 18.1. The number of nitrogens with zero attached hydrogens (tertiary/aromatic N) is 1. The Morgan fingerprint density at radius 1 is 1.22 bits per heavy atom. The molecule has 0 spiro atoms. The molecule has 1 fully saturated rings. The quantitative estimate of drug-likeness (QED) is 0.884. The molecule has 0 radical (unpaired) electrons. The van der Waals surface area contributed by atoms with E-state index in [1.165, 1.54) is 0 Å². The van der Waals surface area contributed by atoms with Crippen LogP contribution < -0.4 is 5.32 Å². The zero-order chi connectivity index (χ0) is 16.8. The Kier molecular flexibility index (Phi) is 6.78. The van der Waals surface area contributed by atoms with E-state index >= 15 is 0 Å². The van der Waals surface area contributed by atoms with Gasteiger partial charge in [0, 0.05) is 35.2 Å². The second-order valence-electron chi connectivity index (χ2n) is 6.10. The van der Waals surface area contributed by atoms with Crippen LogP contribution in [0, 0.1) is 5.92 Å². The van der Waals surface area contributed by atoms with Crippen molar-refractivity contribution in [3.8, 4) is 0 Å². The van der Waals surface area contributed by atoms with Gasteiger partial charge in [0.25, 0.3) is 5.91 Å². The number of rotatable bonds is 5. The van der Waals surface area contributed by atoms with Crippen LogP contribution in [0.1, 0.15) is 30.6 Å². The van der Waals surface area contributed by atoms with Crippen molar-refractivity contribution < 1.29 is 9.59 Å². The molecule has 1 heterocycles. The van der Waals surface area contributed by atoms with E-state index in [0.717, 1.165) is 24.6 Å². The molecule has 2 amide bonds. The maximum atomic E-state index is 12.7. The summed E-state index contributed by atoms with van der Waals surface area (Å²) in [4.78, 5) is 27.0. The largest absolute Gasteiger partial charge is 0.340 e. The van der Waals surface area contributed by atoms with Crippen LogP contribution in [-0.2, 0) is 4.79 Å². The van der Waals surface area contributed by atoms with Gasteiger partial charge in [-0.25, -0.2) is 0 Å². The minimum atomic E-state index is -0.471. The molecule has 23 heavy (non-hydrogen) atoms. The van der Waals surface area contributed by atoms with Gasteiger partial charge in [0.15, 0.2) is 0 Å². The van der Waals surface area contributed by atoms with Crippen LogP contribution in [-0.4, -0.2) is 47.4 Å². The third-order valence-electron chi connectivity index (χ3n) is 3.74. The summed E-state index contributed by atoms with van der Waals surface area (Å²) in [5.41, 5.74) is 0.519. The van der Waals surface area contributed by atoms with Gasteiger partial charge in [-0.05, 0) is 36.6 Å². The highest BCUT2D eigenvalue weighted by molar-refractivity contribution is 7.99. The molecule has 1 atom stereocenters. The fraction of sp³-hybridized carbons (Fsp3) is 0.529. The number of hydrogen-bond donors (Lipinski definition) is 1. The van der Waals surface area contributed by atoms with Crippen molar-refractivity contribution in [1.82, 2.24) is 10.2 Å². The van der Waals surface area contributed by atoms with Crippen molar-refractivity contribution in [2.75, 3.05) is 24.6 Å².